The predicted molar refractivity (Wildman–Crippen MR) is 77.3 cm³/mol. The number of carboxylic acids is 1. The van der Waals surface area contributed by atoms with E-state index in [2.05, 4.69) is 5.16 Å². The first kappa shape index (κ1) is 17.6. The molecular formula is C13H22N2O5S. The summed E-state index contributed by atoms with van der Waals surface area (Å²) in [5, 5.41) is 12.6. The summed E-state index contributed by atoms with van der Waals surface area (Å²) in [4.78, 5) is 10.8. The van der Waals surface area contributed by atoms with Gasteiger partial charge < -0.3 is 9.63 Å². The molecule has 1 heterocycles. The van der Waals surface area contributed by atoms with Gasteiger partial charge in [0.25, 0.3) is 0 Å². The lowest BCUT2D eigenvalue weighted by Crippen LogP contribution is -2.41. The van der Waals surface area contributed by atoms with E-state index in [-0.39, 0.29) is 16.9 Å². The molecule has 0 fully saturated rings. The van der Waals surface area contributed by atoms with E-state index < -0.39 is 28.6 Å². The molecule has 0 unspecified atom stereocenters. The zero-order valence-electron chi connectivity index (χ0n) is 13.0. The molecule has 8 heteroatoms. The van der Waals surface area contributed by atoms with Crippen LogP contribution in [0.25, 0.3) is 0 Å². The quantitative estimate of drug-likeness (QED) is 0.855. The molecule has 0 saturated heterocycles. The first-order chi connectivity index (χ1) is 9.43. The van der Waals surface area contributed by atoms with Crippen LogP contribution in [-0.4, -0.2) is 41.5 Å². The van der Waals surface area contributed by atoms with Gasteiger partial charge in [-0.1, -0.05) is 25.9 Å². The molecule has 1 rings (SSSR count). The molecule has 0 saturated carbocycles. The molecule has 0 aliphatic heterocycles. The summed E-state index contributed by atoms with van der Waals surface area (Å²) in [7, 11) is -3.77. The molecule has 21 heavy (non-hydrogen) atoms. The summed E-state index contributed by atoms with van der Waals surface area (Å²) in [6.07, 6.45) is 0. The number of carbonyl (C=O) groups is 1. The fourth-order valence-corrected chi connectivity index (χ4v) is 3.36. The van der Waals surface area contributed by atoms with Crippen LogP contribution in [0.1, 0.15) is 46.1 Å². The monoisotopic (exact) mass is 318 g/mol. The molecule has 120 valence electrons. The first-order valence-electron chi connectivity index (χ1n) is 6.61. The molecular weight excluding hydrogens is 296 g/mol. The summed E-state index contributed by atoms with van der Waals surface area (Å²) in [6, 6.07) is 1.15. The number of hydrogen-bond donors (Lipinski definition) is 1. The van der Waals surface area contributed by atoms with E-state index in [1.54, 1.807) is 19.9 Å². The highest BCUT2D eigenvalue weighted by molar-refractivity contribution is 7.88. The second kappa shape index (κ2) is 6.15. The maximum Gasteiger partial charge on any atom is 0.318 e. The van der Waals surface area contributed by atoms with Crippen molar-refractivity contribution < 1.29 is 22.8 Å². The second-order valence-electron chi connectivity index (χ2n) is 6.22. The predicted octanol–water partition coefficient (Wildman–Crippen LogP) is 1.60. The molecule has 1 N–H and O–H groups in total. The zero-order valence-corrected chi connectivity index (χ0v) is 13.8. The normalized spacial score (nSPS) is 13.1. The minimum atomic E-state index is -3.77. The molecule has 0 aromatic carbocycles. The maximum absolute atomic E-state index is 12.3. The van der Waals surface area contributed by atoms with Crippen LogP contribution in [0.15, 0.2) is 10.6 Å². The van der Waals surface area contributed by atoms with Gasteiger partial charge in [-0.25, -0.2) is 8.42 Å². The number of rotatable bonds is 6. The lowest BCUT2D eigenvalue weighted by molar-refractivity contribution is -0.137. The van der Waals surface area contributed by atoms with Crippen LogP contribution >= 0.6 is 0 Å². The molecule has 0 amide bonds. The van der Waals surface area contributed by atoms with Crippen molar-refractivity contribution in [2.75, 3.05) is 6.54 Å². The Morgan fingerprint density at radius 2 is 2.00 bits per heavy atom. The summed E-state index contributed by atoms with van der Waals surface area (Å²) in [5.74, 6) is -0.984. The van der Waals surface area contributed by atoms with Crippen molar-refractivity contribution in [2.24, 2.45) is 0 Å². The lowest BCUT2D eigenvalue weighted by atomic mass is 9.93. The van der Waals surface area contributed by atoms with Crippen molar-refractivity contribution in [3.05, 3.63) is 17.5 Å². The smallest absolute Gasteiger partial charge is 0.318 e. The molecule has 0 aliphatic carbocycles. The van der Waals surface area contributed by atoms with Crippen molar-refractivity contribution in [1.29, 1.82) is 0 Å². The third-order valence-electron chi connectivity index (χ3n) is 2.85. The Morgan fingerprint density at radius 3 is 2.38 bits per heavy atom. The van der Waals surface area contributed by atoms with Gasteiger partial charge in [-0.3, -0.25) is 4.79 Å². The molecule has 0 radical (unpaired) electrons. The average Bonchev–Trinajstić information content (AvgIpc) is 2.72. The largest absolute Gasteiger partial charge is 0.480 e. The average molecular weight is 318 g/mol. The van der Waals surface area contributed by atoms with Gasteiger partial charge in [0.05, 0.1) is 0 Å². The third-order valence-corrected chi connectivity index (χ3v) is 4.78. The fourth-order valence-electron chi connectivity index (χ4n) is 1.74. The summed E-state index contributed by atoms with van der Waals surface area (Å²) >= 11 is 0. The highest BCUT2D eigenvalue weighted by atomic mass is 32.2. The van der Waals surface area contributed by atoms with Gasteiger partial charge in [-0.05, 0) is 13.8 Å². The molecule has 0 bridgehead atoms. The Labute approximate surface area is 125 Å². The van der Waals surface area contributed by atoms with Gasteiger partial charge in [0.1, 0.15) is 23.8 Å². The fraction of sp³-hybridized carbons (Fsp3) is 0.692. The number of carboxylic acid groups (broad SMARTS) is 1. The van der Waals surface area contributed by atoms with Crippen molar-refractivity contribution in [1.82, 2.24) is 9.46 Å². The molecule has 1 aromatic heterocycles. The molecule has 7 nitrogen and oxygen atoms in total. The van der Waals surface area contributed by atoms with Gasteiger partial charge in [-0.2, -0.15) is 4.31 Å². The van der Waals surface area contributed by atoms with Gasteiger partial charge in [0.2, 0.25) is 10.0 Å². The number of aromatic nitrogens is 1. The summed E-state index contributed by atoms with van der Waals surface area (Å²) in [5.41, 5.74) is 0.00401. The van der Waals surface area contributed by atoms with E-state index in [0.29, 0.717) is 5.76 Å². The van der Waals surface area contributed by atoms with E-state index in [4.69, 9.17) is 9.63 Å². The van der Waals surface area contributed by atoms with E-state index in [9.17, 15) is 13.2 Å². The van der Waals surface area contributed by atoms with Crippen LogP contribution in [0.3, 0.4) is 0 Å². The van der Waals surface area contributed by atoms with Crippen LogP contribution in [-0.2, 0) is 26.0 Å². The van der Waals surface area contributed by atoms with E-state index in [0.717, 1.165) is 4.31 Å². The standard InChI is InChI=1S/C13H22N2O5S/c1-9(2)15(7-12(16)17)21(18,19)8-10-6-11(20-14-10)13(3,4)5/h6,9H,7-8H2,1-5H3,(H,16,17). The Kier molecular flexibility index (Phi) is 5.16. The van der Waals surface area contributed by atoms with Crippen LogP contribution in [0.4, 0.5) is 0 Å². The van der Waals surface area contributed by atoms with Crippen molar-refractivity contribution in [3.8, 4) is 0 Å². The Bertz CT molecular complexity index is 598. The number of hydrogen-bond acceptors (Lipinski definition) is 5. The molecule has 0 spiro atoms. The van der Waals surface area contributed by atoms with E-state index in [1.165, 1.54) is 0 Å². The zero-order chi connectivity index (χ0) is 16.4. The highest BCUT2D eigenvalue weighted by Gasteiger charge is 2.29. The number of sulfonamides is 1. The molecule has 0 atom stereocenters. The van der Waals surface area contributed by atoms with Crippen molar-refractivity contribution in [3.63, 3.8) is 0 Å². The SMILES string of the molecule is CC(C)N(CC(=O)O)S(=O)(=O)Cc1cc(C(C)(C)C)on1. The molecule has 0 aliphatic rings. The van der Waals surface area contributed by atoms with E-state index >= 15 is 0 Å². The van der Waals surface area contributed by atoms with Gasteiger partial charge in [0, 0.05) is 17.5 Å². The minimum absolute atomic E-state index is 0.270. The van der Waals surface area contributed by atoms with Crippen LogP contribution in [0.2, 0.25) is 0 Å². The van der Waals surface area contributed by atoms with Crippen molar-refractivity contribution in [2.45, 2.75) is 51.8 Å². The van der Waals surface area contributed by atoms with Crippen LogP contribution in [0.5, 0.6) is 0 Å². The Morgan fingerprint density at radius 1 is 1.43 bits per heavy atom. The topological polar surface area (TPSA) is 101 Å². The second-order valence-corrected chi connectivity index (χ2v) is 8.14. The third kappa shape index (κ3) is 4.82. The highest BCUT2D eigenvalue weighted by Crippen LogP contribution is 2.24. The Balaban J connectivity index is 2.98. The number of nitrogens with zero attached hydrogens (tertiary/aromatic N) is 2. The Hall–Kier alpha value is -1.41. The summed E-state index contributed by atoms with van der Waals surface area (Å²) < 4.78 is 30.7. The lowest BCUT2D eigenvalue weighted by Gasteiger charge is -2.23. The first-order valence-corrected chi connectivity index (χ1v) is 8.22. The van der Waals surface area contributed by atoms with Crippen LogP contribution in [0, 0.1) is 0 Å². The van der Waals surface area contributed by atoms with Gasteiger partial charge in [-0.15, -0.1) is 0 Å². The maximum atomic E-state index is 12.3. The number of aliphatic carboxylic acids is 1. The van der Waals surface area contributed by atoms with Crippen LogP contribution < -0.4 is 0 Å². The van der Waals surface area contributed by atoms with Gasteiger partial charge >= 0.3 is 5.97 Å². The van der Waals surface area contributed by atoms with Gasteiger partial charge in [0.15, 0.2) is 0 Å². The van der Waals surface area contributed by atoms with Crippen molar-refractivity contribution >= 4 is 16.0 Å². The molecule has 1 aromatic rings. The van der Waals surface area contributed by atoms with E-state index in [1.807, 2.05) is 20.8 Å². The summed E-state index contributed by atoms with van der Waals surface area (Å²) in [6.45, 7) is 8.47. The minimum Gasteiger partial charge on any atom is -0.480 e.